The average Bonchev–Trinajstić information content (AvgIpc) is 3.25. The van der Waals surface area contributed by atoms with E-state index in [9.17, 15) is 0 Å². The Morgan fingerprint density at radius 2 is 0.679 bits per heavy atom. The molecule has 0 radical (unpaired) electrons. The van der Waals surface area contributed by atoms with E-state index in [1.807, 2.05) is 0 Å². The zero-order valence-corrected chi connectivity index (χ0v) is 29.3. The van der Waals surface area contributed by atoms with Crippen molar-refractivity contribution in [2.75, 3.05) is 4.90 Å². The van der Waals surface area contributed by atoms with Crippen molar-refractivity contribution in [3.05, 3.63) is 224 Å². The van der Waals surface area contributed by atoms with Crippen molar-refractivity contribution in [1.29, 1.82) is 0 Å². The molecule has 0 aliphatic carbocycles. The molecule has 250 valence electrons. The van der Waals surface area contributed by atoms with Crippen molar-refractivity contribution in [2.45, 2.75) is 0 Å². The minimum atomic E-state index is 1.10. The van der Waals surface area contributed by atoms with Gasteiger partial charge >= 0.3 is 0 Å². The predicted molar refractivity (Wildman–Crippen MR) is 226 cm³/mol. The number of rotatable bonds is 8. The molecule has 9 aromatic rings. The monoisotopic (exact) mass is 675 g/mol. The van der Waals surface area contributed by atoms with E-state index in [-0.39, 0.29) is 0 Å². The van der Waals surface area contributed by atoms with Gasteiger partial charge < -0.3 is 4.90 Å². The molecule has 0 aliphatic heterocycles. The molecule has 0 aliphatic rings. The summed E-state index contributed by atoms with van der Waals surface area (Å²) in [4.78, 5) is 2.41. The second-order valence-electron chi connectivity index (χ2n) is 13.4. The Hall–Kier alpha value is -6.96. The number of nitrogens with zero attached hydrogens (tertiary/aromatic N) is 1. The summed E-state index contributed by atoms with van der Waals surface area (Å²) in [6.45, 7) is 0. The molecule has 0 aromatic heterocycles. The van der Waals surface area contributed by atoms with Gasteiger partial charge in [-0.15, -0.1) is 0 Å². The maximum Gasteiger partial charge on any atom is 0.0540 e. The molecule has 0 amide bonds. The third-order valence-electron chi connectivity index (χ3n) is 10.1. The quantitative estimate of drug-likeness (QED) is 0.155. The van der Waals surface area contributed by atoms with E-state index in [0.717, 1.165) is 22.6 Å². The Labute approximate surface area is 311 Å². The van der Waals surface area contributed by atoms with Crippen LogP contribution in [0.3, 0.4) is 0 Å². The lowest BCUT2D eigenvalue weighted by atomic mass is 9.89. The molecule has 1 heteroatoms. The van der Waals surface area contributed by atoms with Crippen LogP contribution in [-0.2, 0) is 0 Å². The fraction of sp³-hybridized carbons (Fsp3) is 0. The normalized spacial score (nSPS) is 11.0. The molecule has 0 unspecified atom stereocenters. The summed E-state index contributed by atoms with van der Waals surface area (Å²) < 4.78 is 0. The van der Waals surface area contributed by atoms with Crippen molar-refractivity contribution in [1.82, 2.24) is 0 Å². The molecule has 0 fully saturated rings. The fourth-order valence-electron chi connectivity index (χ4n) is 7.39. The van der Waals surface area contributed by atoms with E-state index in [1.165, 1.54) is 60.8 Å². The highest BCUT2D eigenvalue weighted by molar-refractivity contribution is 5.96. The molecule has 0 bridgehead atoms. The summed E-state index contributed by atoms with van der Waals surface area (Å²) >= 11 is 0. The largest absolute Gasteiger partial charge is 0.310 e. The zero-order valence-electron chi connectivity index (χ0n) is 29.3. The van der Waals surface area contributed by atoms with E-state index in [4.69, 9.17) is 0 Å². The molecule has 0 spiro atoms. The van der Waals surface area contributed by atoms with Gasteiger partial charge in [-0.05, 0) is 103 Å². The minimum absolute atomic E-state index is 1.10. The summed E-state index contributed by atoms with van der Waals surface area (Å²) in [5, 5.41) is 2.43. The number of anilines is 3. The molecule has 0 saturated heterocycles. The first kappa shape index (κ1) is 32.0. The first-order chi connectivity index (χ1) is 26.3. The van der Waals surface area contributed by atoms with Crippen molar-refractivity contribution in [3.63, 3.8) is 0 Å². The highest BCUT2D eigenvalue weighted by atomic mass is 15.1. The molecular weight excluding hydrogens is 639 g/mol. The van der Waals surface area contributed by atoms with Gasteiger partial charge in [0.15, 0.2) is 0 Å². The molecule has 9 rings (SSSR count). The molecule has 53 heavy (non-hydrogen) atoms. The highest BCUT2D eigenvalue weighted by Gasteiger charge is 2.20. The SMILES string of the molecule is c1ccc(-c2ccc(N(c3ccc4ccccc4c3)c3ccc(-c4ccc(-c5ccccc5)cc4-c4ccccc4)cc3-c3ccccc3)cc2)cc1. The lowest BCUT2D eigenvalue weighted by molar-refractivity contribution is 1.29. The first-order valence-corrected chi connectivity index (χ1v) is 18.2. The van der Waals surface area contributed by atoms with Crippen molar-refractivity contribution < 1.29 is 0 Å². The smallest absolute Gasteiger partial charge is 0.0540 e. The molecule has 0 atom stereocenters. The van der Waals surface area contributed by atoms with E-state index < -0.39 is 0 Å². The average molecular weight is 676 g/mol. The van der Waals surface area contributed by atoms with Crippen molar-refractivity contribution >= 4 is 27.8 Å². The van der Waals surface area contributed by atoms with Gasteiger partial charge in [-0.1, -0.05) is 182 Å². The van der Waals surface area contributed by atoms with E-state index in [0.29, 0.717) is 0 Å². The molecule has 0 N–H and O–H groups in total. The van der Waals surface area contributed by atoms with E-state index >= 15 is 0 Å². The number of fused-ring (bicyclic) bond motifs is 1. The molecule has 1 nitrogen and oxygen atoms in total. The van der Waals surface area contributed by atoms with Gasteiger partial charge in [-0.25, -0.2) is 0 Å². The molecule has 9 aromatic carbocycles. The number of hydrogen-bond acceptors (Lipinski definition) is 1. The van der Waals surface area contributed by atoms with Crippen molar-refractivity contribution in [2.24, 2.45) is 0 Å². The van der Waals surface area contributed by atoms with Gasteiger partial charge in [0, 0.05) is 16.9 Å². The summed E-state index contributed by atoms with van der Waals surface area (Å²) in [6.07, 6.45) is 0. The minimum Gasteiger partial charge on any atom is -0.310 e. The van der Waals surface area contributed by atoms with E-state index in [2.05, 4.69) is 229 Å². The predicted octanol–water partition coefficient (Wildman–Crippen LogP) is 14.6. The van der Waals surface area contributed by atoms with Gasteiger partial charge in [0.2, 0.25) is 0 Å². The van der Waals surface area contributed by atoms with Crippen LogP contribution in [0.2, 0.25) is 0 Å². The molecule has 0 saturated carbocycles. The summed E-state index contributed by atoms with van der Waals surface area (Å²) in [6, 6.07) is 80.9. The fourth-order valence-corrected chi connectivity index (χ4v) is 7.39. The Morgan fingerprint density at radius 1 is 0.226 bits per heavy atom. The topological polar surface area (TPSA) is 3.24 Å². The number of benzene rings is 9. The van der Waals surface area contributed by atoms with Crippen LogP contribution in [0.1, 0.15) is 0 Å². The van der Waals surface area contributed by atoms with Crippen LogP contribution in [-0.4, -0.2) is 0 Å². The lowest BCUT2D eigenvalue weighted by Gasteiger charge is -2.29. The van der Waals surface area contributed by atoms with Crippen LogP contribution < -0.4 is 4.90 Å². The second-order valence-corrected chi connectivity index (χ2v) is 13.4. The summed E-state index contributed by atoms with van der Waals surface area (Å²) in [7, 11) is 0. The van der Waals surface area contributed by atoms with Gasteiger partial charge in [0.05, 0.1) is 5.69 Å². The molecule has 0 heterocycles. The Bertz CT molecular complexity index is 2630. The van der Waals surface area contributed by atoms with Crippen LogP contribution in [0.15, 0.2) is 224 Å². The Balaban J connectivity index is 1.24. The van der Waals surface area contributed by atoms with Crippen molar-refractivity contribution in [3.8, 4) is 55.6 Å². The van der Waals surface area contributed by atoms with Crippen LogP contribution in [0.4, 0.5) is 17.1 Å². The van der Waals surface area contributed by atoms with Crippen LogP contribution in [0, 0.1) is 0 Å². The highest BCUT2D eigenvalue weighted by Crippen LogP contribution is 2.45. The van der Waals surface area contributed by atoms with Crippen LogP contribution in [0.5, 0.6) is 0 Å². The maximum absolute atomic E-state index is 2.41. The van der Waals surface area contributed by atoms with Gasteiger partial charge in [0.25, 0.3) is 0 Å². The van der Waals surface area contributed by atoms with Gasteiger partial charge in [-0.3, -0.25) is 0 Å². The Kier molecular flexibility index (Phi) is 8.66. The first-order valence-electron chi connectivity index (χ1n) is 18.2. The second kappa shape index (κ2) is 14.3. The van der Waals surface area contributed by atoms with Crippen LogP contribution >= 0.6 is 0 Å². The summed E-state index contributed by atoms with van der Waals surface area (Å²) in [5.41, 5.74) is 15.2. The van der Waals surface area contributed by atoms with Gasteiger partial charge in [0.1, 0.15) is 0 Å². The third-order valence-corrected chi connectivity index (χ3v) is 10.1. The van der Waals surface area contributed by atoms with E-state index in [1.54, 1.807) is 0 Å². The van der Waals surface area contributed by atoms with Crippen LogP contribution in [0.25, 0.3) is 66.4 Å². The lowest BCUT2D eigenvalue weighted by Crippen LogP contribution is -2.11. The Morgan fingerprint density at radius 3 is 1.32 bits per heavy atom. The molecular formula is C52H37N. The number of hydrogen-bond donors (Lipinski definition) is 0. The third kappa shape index (κ3) is 6.53. The summed E-state index contributed by atoms with van der Waals surface area (Å²) in [5.74, 6) is 0. The zero-order chi connectivity index (χ0) is 35.4. The standard InChI is InChI=1S/C52H37N/c1-5-15-38(16-6-1)41-25-30-47(31-26-41)53(48-32-27-40-19-13-14-24-44(40)35-48)52-34-29-46(37-51(52)43-22-11-4-12-23-43)49-33-28-45(39-17-7-2-8-18-39)36-50(49)42-20-9-3-10-21-42/h1-37H. The maximum atomic E-state index is 2.41. The van der Waals surface area contributed by atoms with Gasteiger partial charge in [-0.2, -0.15) is 0 Å².